The second-order valence-electron chi connectivity index (χ2n) is 6.15. The summed E-state index contributed by atoms with van der Waals surface area (Å²) < 4.78 is 11.2. The Balaban J connectivity index is 1.56. The molecule has 1 aromatic carbocycles. The molecule has 24 heavy (non-hydrogen) atoms. The van der Waals surface area contributed by atoms with Crippen LogP contribution in [0.1, 0.15) is 43.9 Å². The van der Waals surface area contributed by atoms with Gasteiger partial charge in [0.1, 0.15) is 5.75 Å². The lowest BCUT2D eigenvalue weighted by molar-refractivity contribution is -0.135. The van der Waals surface area contributed by atoms with Crippen molar-refractivity contribution in [1.82, 2.24) is 15.1 Å². The number of nitrogens with zero attached hydrogens (tertiary/aromatic N) is 3. The van der Waals surface area contributed by atoms with Crippen molar-refractivity contribution in [2.75, 3.05) is 13.2 Å². The molecule has 1 fully saturated rings. The maximum absolute atomic E-state index is 12.6. The highest BCUT2D eigenvalue weighted by Crippen LogP contribution is 2.32. The molecule has 6 heteroatoms. The van der Waals surface area contributed by atoms with E-state index in [1.165, 1.54) is 0 Å². The molecule has 1 aromatic heterocycles. The molecule has 2 aromatic rings. The summed E-state index contributed by atoms with van der Waals surface area (Å²) in [5.41, 5.74) is 0. The third-order valence-electron chi connectivity index (χ3n) is 4.50. The first-order chi connectivity index (χ1) is 11.6. The summed E-state index contributed by atoms with van der Waals surface area (Å²) >= 11 is 0. The van der Waals surface area contributed by atoms with Crippen LogP contribution in [0.25, 0.3) is 0 Å². The van der Waals surface area contributed by atoms with Gasteiger partial charge in [-0.15, -0.1) is 10.2 Å². The van der Waals surface area contributed by atoms with Gasteiger partial charge in [-0.2, -0.15) is 0 Å². The van der Waals surface area contributed by atoms with Crippen molar-refractivity contribution in [3.63, 3.8) is 0 Å². The quantitative estimate of drug-likeness (QED) is 0.843. The molecule has 0 N–H and O–H groups in total. The molecule has 0 saturated carbocycles. The fourth-order valence-corrected chi connectivity index (χ4v) is 3.20. The van der Waals surface area contributed by atoms with Crippen molar-refractivity contribution in [2.24, 2.45) is 0 Å². The van der Waals surface area contributed by atoms with Gasteiger partial charge in [0, 0.05) is 19.5 Å². The van der Waals surface area contributed by atoms with Crippen LogP contribution in [0, 0.1) is 6.92 Å². The smallest absolute Gasteiger partial charge is 0.226 e. The summed E-state index contributed by atoms with van der Waals surface area (Å²) in [6, 6.07) is 9.61. The van der Waals surface area contributed by atoms with Crippen LogP contribution < -0.4 is 4.74 Å². The Morgan fingerprint density at radius 1 is 1.33 bits per heavy atom. The minimum Gasteiger partial charge on any atom is -0.493 e. The van der Waals surface area contributed by atoms with Gasteiger partial charge in [0.15, 0.2) is 0 Å². The van der Waals surface area contributed by atoms with Crippen molar-refractivity contribution in [2.45, 2.75) is 45.1 Å². The fourth-order valence-electron chi connectivity index (χ4n) is 3.20. The van der Waals surface area contributed by atoms with E-state index < -0.39 is 0 Å². The first-order valence-corrected chi connectivity index (χ1v) is 8.42. The molecule has 0 radical (unpaired) electrons. The first-order valence-electron chi connectivity index (χ1n) is 8.42. The molecule has 0 unspecified atom stereocenters. The van der Waals surface area contributed by atoms with Gasteiger partial charge in [0.25, 0.3) is 0 Å². The molecule has 0 bridgehead atoms. The Bertz CT molecular complexity index is 671. The van der Waals surface area contributed by atoms with Gasteiger partial charge in [-0.3, -0.25) is 4.79 Å². The Morgan fingerprint density at radius 3 is 2.83 bits per heavy atom. The zero-order valence-corrected chi connectivity index (χ0v) is 14.1. The molecule has 1 aliphatic heterocycles. The van der Waals surface area contributed by atoms with E-state index in [2.05, 4.69) is 17.1 Å². The molecule has 1 aliphatic rings. The lowest BCUT2D eigenvalue weighted by Gasteiger charge is -2.38. The molecule has 128 valence electrons. The maximum Gasteiger partial charge on any atom is 0.226 e. The predicted molar refractivity (Wildman–Crippen MR) is 88.7 cm³/mol. The molecule has 0 aliphatic carbocycles. The lowest BCUT2D eigenvalue weighted by Crippen LogP contribution is -2.46. The van der Waals surface area contributed by atoms with E-state index in [0.29, 0.717) is 24.8 Å². The molecule has 6 nitrogen and oxygen atoms in total. The fraction of sp³-hybridized carbons (Fsp3) is 0.500. The lowest BCUT2D eigenvalue weighted by atomic mass is 9.90. The van der Waals surface area contributed by atoms with Crippen molar-refractivity contribution in [1.29, 1.82) is 0 Å². The molecular weight excluding hydrogens is 306 g/mol. The number of piperidine rings is 1. The van der Waals surface area contributed by atoms with Crippen molar-refractivity contribution >= 4 is 5.91 Å². The largest absolute Gasteiger partial charge is 0.493 e. The van der Waals surface area contributed by atoms with E-state index in [-0.39, 0.29) is 17.9 Å². The third kappa shape index (κ3) is 3.75. The summed E-state index contributed by atoms with van der Waals surface area (Å²) in [7, 11) is 0. The van der Waals surface area contributed by atoms with E-state index >= 15 is 0 Å². The number of ether oxygens (including phenoxy) is 1. The second kappa shape index (κ2) is 7.47. The Kier molecular flexibility index (Phi) is 5.13. The van der Waals surface area contributed by atoms with Gasteiger partial charge in [0.2, 0.25) is 17.7 Å². The zero-order valence-electron chi connectivity index (χ0n) is 14.1. The van der Waals surface area contributed by atoms with Crippen LogP contribution in [0.2, 0.25) is 0 Å². The number of carbonyl (C=O) groups is 1. The van der Waals surface area contributed by atoms with Crippen LogP contribution in [0.15, 0.2) is 34.7 Å². The third-order valence-corrected chi connectivity index (χ3v) is 4.50. The highest BCUT2D eigenvalue weighted by atomic mass is 16.5. The number of hydrogen-bond acceptors (Lipinski definition) is 5. The van der Waals surface area contributed by atoms with E-state index in [1.807, 2.05) is 35.2 Å². The monoisotopic (exact) mass is 329 g/mol. The number of rotatable bonds is 5. The van der Waals surface area contributed by atoms with Gasteiger partial charge >= 0.3 is 0 Å². The highest BCUT2D eigenvalue weighted by Gasteiger charge is 2.34. The average molecular weight is 329 g/mol. The second-order valence-corrected chi connectivity index (χ2v) is 6.15. The highest BCUT2D eigenvalue weighted by molar-refractivity contribution is 5.76. The van der Waals surface area contributed by atoms with Crippen LogP contribution in [-0.2, 0) is 4.79 Å². The standard InChI is InChI=1S/C18H23N3O3/c1-13-16(18-20-19-14(2)24-18)9-6-11-21(13)17(22)10-12-23-15-7-4-3-5-8-15/h3-5,7-8,13,16H,6,9-12H2,1-2H3/t13-,16-/m0/s1. The number of likely N-dealkylation sites (tertiary alicyclic amines) is 1. The topological polar surface area (TPSA) is 68.5 Å². The van der Waals surface area contributed by atoms with Gasteiger partial charge in [-0.1, -0.05) is 18.2 Å². The molecule has 1 amide bonds. The molecule has 3 rings (SSSR count). The van der Waals surface area contributed by atoms with Crippen molar-refractivity contribution in [3.8, 4) is 5.75 Å². The molecule has 2 heterocycles. The number of aromatic nitrogens is 2. The number of carbonyl (C=O) groups excluding carboxylic acids is 1. The van der Waals surface area contributed by atoms with Crippen molar-refractivity contribution in [3.05, 3.63) is 42.1 Å². The van der Waals surface area contributed by atoms with Crippen LogP contribution in [0.5, 0.6) is 5.75 Å². The van der Waals surface area contributed by atoms with E-state index in [4.69, 9.17) is 9.15 Å². The minimum atomic E-state index is 0.0582. The number of hydrogen-bond donors (Lipinski definition) is 0. The predicted octanol–water partition coefficient (Wildman–Crippen LogP) is 2.94. The Morgan fingerprint density at radius 2 is 2.12 bits per heavy atom. The maximum atomic E-state index is 12.6. The minimum absolute atomic E-state index is 0.0582. The zero-order chi connectivity index (χ0) is 16.9. The normalized spacial score (nSPS) is 20.8. The van der Waals surface area contributed by atoms with Crippen LogP contribution in [-0.4, -0.2) is 40.2 Å². The Labute approximate surface area is 141 Å². The van der Waals surface area contributed by atoms with Crippen LogP contribution in [0.4, 0.5) is 0 Å². The van der Waals surface area contributed by atoms with E-state index in [0.717, 1.165) is 25.1 Å². The number of benzene rings is 1. The van der Waals surface area contributed by atoms with Gasteiger partial charge in [-0.05, 0) is 31.9 Å². The van der Waals surface area contributed by atoms with Gasteiger partial charge in [0.05, 0.1) is 18.9 Å². The molecule has 1 saturated heterocycles. The van der Waals surface area contributed by atoms with E-state index in [1.54, 1.807) is 6.92 Å². The van der Waals surface area contributed by atoms with E-state index in [9.17, 15) is 4.79 Å². The van der Waals surface area contributed by atoms with Crippen LogP contribution in [0.3, 0.4) is 0 Å². The number of amides is 1. The van der Waals surface area contributed by atoms with Gasteiger partial charge < -0.3 is 14.1 Å². The average Bonchev–Trinajstić information content (AvgIpc) is 3.02. The summed E-state index contributed by atoms with van der Waals surface area (Å²) in [6.07, 6.45) is 2.28. The Hall–Kier alpha value is -2.37. The summed E-state index contributed by atoms with van der Waals surface area (Å²) in [5.74, 6) is 2.21. The SMILES string of the molecule is Cc1nnc([C@H]2CCCN(C(=O)CCOc3ccccc3)[C@H]2C)o1. The molecule has 2 atom stereocenters. The summed E-state index contributed by atoms with van der Waals surface area (Å²) in [6.45, 7) is 5.00. The van der Waals surface area contributed by atoms with Crippen molar-refractivity contribution < 1.29 is 13.9 Å². The summed E-state index contributed by atoms with van der Waals surface area (Å²) in [4.78, 5) is 14.5. The molecular formula is C18H23N3O3. The molecule has 0 spiro atoms. The van der Waals surface area contributed by atoms with Crippen LogP contribution >= 0.6 is 0 Å². The van der Waals surface area contributed by atoms with Gasteiger partial charge in [-0.25, -0.2) is 0 Å². The number of para-hydroxylation sites is 1. The first kappa shape index (κ1) is 16.5. The summed E-state index contributed by atoms with van der Waals surface area (Å²) in [5, 5.41) is 8.05. The number of aryl methyl sites for hydroxylation is 1.